The van der Waals surface area contributed by atoms with E-state index in [1.165, 1.54) is 0 Å². The molecule has 0 heterocycles. The minimum absolute atomic E-state index is 0.00967. The molecule has 0 aliphatic heterocycles. The predicted molar refractivity (Wildman–Crippen MR) is 126 cm³/mol. The number of alkyl carbamates (subject to hydrolysis) is 1. The third-order valence-corrected chi connectivity index (χ3v) is 6.48. The number of carboxylic acid groups (broad SMARTS) is 1. The van der Waals surface area contributed by atoms with Crippen LogP contribution in [0.5, 0.6) is 0 Å². The molecule has 1 aliphatic rings. The quantitative estimate of drug-likeness (QED) is 0.498. The van der Waals surface area contributed by atoms with Crippen molar-refractivity contribution in [1.82, 2.24) is 10.6 Å². The Morgan fingerprint density at radius 2 is 1.61 bits per heavy atom. The summed E-state index contributed by atoms with van der Waals surface area (Å²) in [6.45, 7) is 5.41. The van der Waals surface area contributed by atoms with E-state index in [4.69, 9.17) is 4.74 Å². The summed E-state index contributed by atoms with van der Waals surface area (Å²) < 4.78 is 5.55. The Kier molecular flexibility index (Phi) is 7.74. The number of rotatable bonds is 10. The lowest BCUT2D eigenvalue weighted by molar-refractivity contribution is -0.148. The van der Waals surface area contributed by atoms with E-state index in [-0.39, 0.29) is 19.1 Å². The number of carbonyl (C=O) groups is 3. The van der Waals surface area contributed by atoms with Crippen LogP contribution in [0.15, 0.2) is 48.5 Å². The first-order valence-electron chi connectivity index (χ1n) is 11.4. The zero-order valence-corrected chi connectivity index (χ0v) is 19.4. The van der Waals surface area contributed by atoms with Gasteiger partial charge in [-0.25, -0.2) is 4.79 Å². The van der Waals surface area contributed by atoms with Crippen LogP contribution in [0, 0.1) is 5.41 Å². The Balaban J connectivity index is 1.62. The molecule has 0 bridgehead atoms. The number of hydrogen-bond acceptors (Lipinski definition) is 4. The van der Waals surface area contributed by atoms with Gasteiger partial charge >= 0.3 is 12.1 Å². The van der Waals surface area contributed by atoms with Gasteiger partial charge in [-0.1, -0.05) is 68.8 Å². The minimum atomic E-state index is -1.06. The van der Waals surface area contributed by atoms with Gasteiger partial charge in [-0.15, -0.1) is 0 Å². The number of hydrogen-bond donors (Lipinski definition) is 3. The fourth-order valence-electron chi connectivity index (χ4n) is 4.10. The molecule has 1 aliphatic carbocycles. The van der Waals surface area contributed by atoms with E-state index in [9.17, 15) is 19.5 Å². The molecule has 0 aromatic heterocycles. The van der Waals surface area contributed by atoms with E-state index in [1.54, 1.807) is 13.8 Å². The van der Waals surface area contributed by atoms with Gasteiger partial charge in [0.25, 0.3) is 0 Å². The third kappa shape index (κ3) is 5.35. The van der Waals surface area contributed by atoms with Crippen LogP contribution in [0.25, 0.3) is 11.1 Å². The Labute approximate surface area is 194 Å². The lowest BCUT2D eigenvalue weighted by Gasteiger charge is -2.25. The maximum absolute atomic E-state index is 12.7. The maximum Gasteiger partial charge on any atom is 0.407 e. The molecule has 2 amide bonds. The van der Waals surface area contributed by atoms with Gasteiger partial charge in [-0.05, 0) is 42.0 Å². The van der Waals surface area contributed by atoms with Crippen LogP contribution in [0.2, 0.25) is 0 Å². The predicted octanol–water partition coefficient (Wildman–Crippen LogP) is 4.31. The molecule has 0 fully saturated rings. The van der Waals surface area contributed by atoms with E-state index < -0.39 is 29.4 Å². The van der Waals surface area contributed by atoms with E-state index in [2.05, 4.69) is 22.8 Å². The van der Waals surface area contributed by atoms with Crippen LogP contribution in [0.4, 0.5) is 4.79 Å². The maximum atomic E-state index is 12.7. The molecule has 7 nitrogen and oxygen atoms in total. The SMILES string of the molecule is CCC[C@H](NC(=O)OCC1c2ccccc2-c2ccccc21)C(=O)NCC(C)(CC)C(=O)O. The zero-order valence-electron chi connectivity index (χ0n) is 19.4. The highest BCUT2D eigenvalue weighted by Gasteiger charge is 2.33. The topological polar surface area (TPSA) is 105 Å². The summed E-state index contributed by atoms with van der Waals surface area (Å²) in [4.78, 5) is 36.7. The summed E-state index contributed by atoms with van der Waals surface area (Å²) in [5, 5.41) is 14.7. The lowest BCUT2D eigenvalue weighted by Crippen LogP contribution is -2.50. The molecule has 2 atom stereocenters. The summed E-state index contributed by atoms with van der Waals surface area (Å²) in [7, 11) is 0. The van der Waals surface area contributed by atoms with Crippen LogP contribution < -0.4 is 10.6 Å². The molecule has 0 saturated carbocycles. The first-order chi connectivity index (χ1) is 15.8. The first kappa shape index (κ1) is 24.3. The summed E-state index contributed by atoms with van der Waals surface area (Å²) in [5.74, 6) is -1.45. The van der Waals surface area contributed by atoms with Crippen molar-refractivity contribution in [3.05, 3.63) is 59.7 Å². The average molecular weight is 453 g/mol. The highest BCUT2D eigenvalue weighted by molar-refractivity contribution is 5.86. The van der Waals surface area contributed by atoms with Crippen LogP contribution in [-0.2, 0) is 14.3 Å². The van der Waals surface area contributed by atoms with E-state index in [1.807, 2.05) is 43.3 Å². The van der Waals surface area contributed by atoms with Crippen molar-refractivity contribution in [1.29, 1.82) is 0 Å². The van der Waals surface area contributed by atoms with Gasteiger partial charge in [-0.3, -0.25) is 9.59 Å². The molecule has 1 unspecified atom stereocenters. The van der Waals surface area contributed by atoms with E-state index in [0.29, 0.717) is 19.3 Å². The van der Waals surface area contributed by atoms with Gasteiger partial charge in [0.05, 0.1) is 5.41 Å². The number of ether oxygens (including phenoxy) is 1. The lowest BCUT2D eigenvalue weighted by atomic mass is 9.87. The van der Waals surface area contributed by atoms with Gasteiger partial charge < -0.3 is 20.5 Å². The summed E-state index contributed by atoms with van der Waals surface area (Å²) in [5.41, 5.74) is 3.45. The van der Waals surface area contributed by atoms with Gasteiger partial charge in [0, 0.05) is 12.5 Å². The molecular formula is C26H32N2O5. The van der Waals surface area contributed by atoms with Gasteiger partial charge in [-0.2, -0.15) is 0 Å². The molecule has 176 valence electrons. The van der Waals surface area contributed by atoms with Crippen molar-refractivity contribution in [3.63, 3.8) is 0 Å². The van der Waals surface area contributed by atoms with Crippen molar-refractivity contribution in [3.8, 4) is 11.1 Å². The van der Waals surface area contributed by atoms with Crippen LogP contribution >= 0.6 is 0 Å². The number of aliphatic carboxylic acids is 1. The molecular weight excluding hydrogens is 420 g/mol. The molecule has 2 aromatic rings. The number of carbonyl (C=O) groups excluding carboxylic acids is 2. The van der Waals surface area contributed by atoms with E-state index >= 15 is 0 Å². The smallest absolute Gasteiger partial charge is 0.407 e. The molecule has 2 aromatic carbocycles. The van der Waals surface area contributed by atoms with Crippen molar-refractivity contribution in [2.45, 2.75) is 52.0 Å². The number of benzene rings is 2. The average Bonchev–Trinajstić information content (AvgIpc) is 3.14. The molecule has 0 radical (unpaired) electrons. The highest BCUT2D eigenvalue weighted by Crippen LogP contribution is 2.44. The number of amides is 2. The summed E-state index contributed by atoms with van der Waals surface area (Å²) in [6, 6.07) is 15.4. The summed E-state index contributed by atoms with van der Waals surface area (Å²) in [6.07, 6.45) is 0.806. The monoisotopic (exact) mass is 452 g/mol. The molecule has 0 saturated heterocycles. The number of carboxylic acids is 1. The second kappa shape index (κ2) is 10.5. The molecule has 0 spiro atoms. The zero-order chi connectivity index (χ0) is 24.0. The largest absolute Gasteiger partial charge is 0.481 e. The Morgan fingerprint density at radius 1 is 1.03 bits per heavy atom. The van der Waals surface area contributed by atoms with Crippen molar-refractivity contribution < 1.29 is 24.2 Å². The fourth-order valence-corrected chi connectivity index (χ4v) is 4.10. The Morgan fingerprint density at radius 3 is 2.12 bits per heavy atom. The number of fused-ring (bicyclic) bond motifs is 3. The molecule has 7 heteroatoms. The minimum Gasteiger partial charge on any atom is -0.481 e. The van der Waals surface area contributed by atoms with Gasteiger partial charge in [0.1, 0.15) is 12.6 Å². The van der Waals surface area contributed by atoms with Crippen LogP contribution in [-0.4, -0.2) is 42.3 Å². The van der Waals surface area contributed by atoms with Crippen molar-refractivity contribution in [2.75, 3.05) is 13.2 Å². The van der Waals surface area contributed by atoms with E-state index in [0.717, 1.165) is 22.3 Å². The molecule has 3 rings (SSSR count). The standard InChI is InChI=1S/C26H32N2O5/c1-4-10-22(23(29)27-16-26(3,5-2)24(30)31)28-25(32)33-15-21-19-13-8-6-11-17(19)18-12-7-9-14-20(18)21/h6-9,11-14,21-22H,4-5,10,15-16H2,1-3H3,(H,27,29)(H,28,32)(H,30,31)/t22-,26?/m0/s1. The fraction of sp³-hybridized carbons (Fsp3) is 0.423. The second-order valence-corrected chi connectivity index (χ2v) is 8.75. The van der Waals surface area contributed by atoms with Gasteiger partial charge in [0.15, 0.2) is 0 Å². The third-order valence-electron chi connectivity index (χ3n) is 6.48. The molecule has 3 N–H and O–H groups in total. The van der Waals surface area contributed by atoms with Crippen molar-refractivity contribution >= 4 is 18.0 Å². The van der Waals surface area contributed by atoms with Gasteiger partial charge in [0.2, 0.25) is 5.91 Å². The normalized spacial score (nSPS) is 15.0. The number of nitrogens with one attached hydrogen (secondary N) is 2. The second-order valence-electron chi connectivity index (χ2n) is 8.75. The summed E-state index contributed by atoms with van der Waals surface area (Å²) >= 11 is 0. The highest BCUT2D eigenvalue weighted by atomic mass is 16.5. The van der Waals surface area contributed by atoms with Crippen LogP contribution in [0.3, 0.4) is 0 Å². The van der Waals surface area contributed by atoms with Crippen LogP contribution in [0.1, 0.15) is 57.1 Å². The first-order valence-corrected chi connectivity index (χ1v) is 11.4. The Bertz CT molecular complexity index is 976. The molecule has 33 heavy (non-hydrogen) atoms. The van der Waals surface area contributed by atoms with Crippen molar-refractivity contribution in [2.24, 2.45) is 5.41 Å². The Hall–Kier alpha value is -3.35.